The van der Waals surface area contributed by atoms with E-state index in [1.54, 1.807) is 24.3 Å². The van der Waals surface area contributed by atoms with Gasteiger partial charge in [-0.1, -0.05) is 11.8 Å². The highest BCUT2D eigenvalue weighted by atomic mass is 32.2. The van der Waals surface area contributed by atoms with Gasteiger partial charge in [0.25, 0.3) is 11.4 Å². The molecule has 0 aromatic heterocycles. The lowest BCUT2D eigenvalue weighted by Gasteiger charge is -2.19. The Bertz CT molecular complexity index is 1210. The molecule has 0 amide bonds. The number of nitrogens with zero attached hydrogens (tertiary/aromatic N) is 6. The van der Waals surface area contributed by atoms with Crippen molar-refractivity contribution in [2.24, 2.45) is 9.98 Å². The number of thioether (sulfide) groups is 2. The summed E-state index contributed by atoms with van der Waals surface area (Å²) in [5, 5.41) is 23.9. The third-order valence-electron chi connectivity index (χ3n) is 5.33. The van der Waals surface area contributed by atoms with Gasteiger partial charge in [-0.25, -0.2) is 9.98 Å². The Hall–Kier alpha value is -3.12. The fourth-order valence-corrected chi connectivity index (χ4v) is 5.67. The van der Waals surface area contributed by atoms with Gasteiger partial charge in [0.2, 0.25) is 0 Å². The fourth-order valence-electron chi connectivity index (χ4n) is 3.57. The van der Waals surface area contributed by atoms with Crippen LogP contribution in [0.3, 0.4) is 0 Å². The zero-order valence-electron chi connectivity index (χ0n) is 20.5. The summed E-state index contributed by atoms with van der Waals surface area (Å²) in [5.74, 6) is 1.00. The van der Waals surface area contributed by atoms with Gasteiger partial charge in [-0.15, -0.1) is 11.8 Å². The average Bonchev–Trinajstić information content (AvgIpc) is 3.08. The first-order chi connectivity index (χ1) is 16.4. The fraction of sp³-hybridized carbons (Fsp3) is 0.391. The van der Waals surface area contributed by atoms with E-state index in [9.17, 15) is 20.2 Å². The van der Waals surface area contributed by atoms with Crippen LogP contribution in [0, 0.1) is 20.2 Å². The molecule has 35 heavy (non-hydrogen) atoms. The van der Waals surface area contributed by atoms with Crippen molar-refractivity contribution in [1.29, 1.82) is 0 Å². The lowest BCUT2D eigenvalue weighted by molar-refractivity contribution is -0.385. The number of rotatable bonds is 8. The molecule has 2 aromatic rings. The van der Waals surface area contributed by atoms with Crippen LogP contribution in [0.1, 0.15) is 25.0 Å². The van der Waals surface area contributed by atoms with Crippen LogP contribution in [0.5, 0.6) is 0 Å². The van der Waals surface area contributed by atoms with Crippen molar-refractivity contribution in [2.45, 2.75) is 30.9 Å². The highest BCUT2D eigenvalue weighted by Crippen LogP contribution is 2.36. The van der Waals surface area contributed by atoms with Gasteiger partial charge in [0.05, 0.1) is 9.85 Å². The van der Waals surface area contributed by atoms with Crippen LogP contribution < -0.4 is 9.80 Å². The predicted octanol–water partition coefficient (Wildman–Crippen LogP) is 5.35. The van der Waals surface area contributed by atoms with E-state index in [1.807, 2.05) is 51.8 Å². The molecular formula is C23H28N6O4S2. The number of benzene rings is 2. The molecule has 0 fully saturated rings. The summed E-state index contributed by atoms with van der Waals surface area (Å²) in [4.78, 5) is 35.0. The molecule has 0 radical (unpaired) electrons. The normalized spacial score (nSPS) is 14.3. The molecule has 0 saturated carbocycles. The molecular weight excluding hydrogens is 488 g/mol. The molecule has 0 spiro atoms. The van der Waals surface area contributed by atoms with Gasteiger partial charge in [0.1, 0.15) is 10.6 Å². The standard InChI is InChI=1S/C23H28N6O4S2/c1-23(2)21(34-13-15-11-17(28(30)31)7-9-19(15)26(3)4)24-22(25-23)35-14-16-12-18(29(32)33)8-10-20(16)27(5)6/h7-12H,13-14H2,1-6H3. The first-order valence-electron chi connectivity index (χ1n) is 10.7. The van der Waals surface area contributed by atoms with Crippen molar-refractivity contribution in [1.82, 2.24) is 0 Å². The Balaban J connectivity index is 1.77. The summed E-state index contributed by atoms with van der Waals surface area (Å²) in [6.07, 6.45) is 0. The second kappa shape index (κ2) is 10.6. The van der Waals surface area contributed by atoms with Crippen molar-refractivity contribution in [2.75, 3.05) is 38.0 Å². The highest BCUT2D eigenvalue weighted by molar-refractivity contribution is 8.15. The molecule has 0 unspecified atom stereocenters. The van der Waals surface area contributed by atoms with Crippen molar-refractivity contribution in [3.05, 3.63) is 67.8 Å². The third kappa shape index (κ3) is 6.31. The Kier molecular flexibility index (Phi) is 8.06. The molecule has 3 rings (SSSR count). The van der Waals surface area contributed by atoms with E-state index in [-0.39, 0.29) is 11.4 Å². The first kappa shape index (κ1) is 26.5. The predicted molar refractivity (Wildman–Crippen MR) is 146 cm³/mol. The van der Waals surface area contributed by atoms with Crippen molar-refractivity contribution < 1.29 is 9.85 Å². The van der Waals surface area contributed by atoms with E-state index in [1.165, 1.54) is 35.7 Å². The van der Waals surface area contributed by atoms with Gasteiger partial charge in [0.15, 0.2) is 5.17 Å². The summed E-state index contributed by atoms with van der Waals surface area (Å²) in [5.41, 5.74) is 3.07. The number of nitro groups is 2. The Morgan fingerprint density at radius 3 is 1.71 bits per heavy atom. The Labute approximate surface area is 212 Å². The van der Waals surface area contributed by atoms with E-state index < -0.39 is 15.4 Å². The average molecular weight is 517 g/mol. The molecule has 0 aliphatic carbocycles. The SMILES string of the molecule is CN(C)c1ccc([N+](=O)[O-])cc1CSC1=NC(C)(C)C(SCc2cc([N+](=O)[O-])ccc2N(C)C)=N1. The number of anilines is 2. The molecule has 1 aliphatic rings. The highest BCUT2D eigenvalue weighted by Gasteiger charge is 2.31. The molecule has 10 nitrogen and oxygen atoms in total. The van der Waals surface area contributed by atoms with Crippen LogP contribution in [0.2, 0.25) is 0 Å². The molecule has 186 valence electrons. The van der Waals surface area contributed by atoms with Crippen LogP contribution in [-0.4, -0.2) is 53.8 Å². The third-order valence-corrected chi connectivity index (χ3v) is 7.54. The maximum absolute atomic E-state index is 11.3. The lowest BCUT2D eigenvalue weighted by Crippen LogP contribution is -2.23. The zero-order valence-corrected chi connectivity index (χ0v) is 22.1. The number of hydrogen-bond donors (Lipinski definition) is 0. The van der Waals surface area contributed by atoms with Crippen LogP contribution in [0.4, 0.5) is 22.7 Å². The number of aliphatic imine (C=N–C) groups is 2. The molecule has 0 saturated heterocycles. The zero-order chi connectivity index (χ0) is 25.9. The second-order valence-corrected chi connectivity index (χ2v) is 10.8. The van der Waals surface area contributed by atoms with Crippen molar-refractivity contribution in [3.63, 3.8) is 0 Å². The van der Waals surface area contributed by atoms with Gasteiger partial charge < -0.3 is 9.80 Å². The molecule has 1 aliphatic heterocycles. The molecule has 0 atom stereocenters. The van der Waals surface area contributed by atoms with Crippen molar-refractivity contribution >= 4 is 56.5 Å². The smallest absolute Gasteiger partial charge is 0.269 e. The number of nitro benzene ring substituents is 2. The molecule has 12 heteroatoms. The summed E-state index contributed by atoms with van der Waals surface area (Å²) >= 11 is 2.94. The van der Waals surface area contributed by atoms with E-state index in [4.69, 9.17) is 9.98 Å². The van der Waals surface area contributed by atoms with E-state index in [2.05, 4.69) is 0 Å². The minimum atomic E-state index is -0.529. The van der Waals surface area contributed by atoms with Gasteiger partial charge >= 0.3 is 0 Å². The van der Waals surface area contributed by atoms with Gasteiger partial charge in [0, 0.05) is 75.3 Å². The quantitative estimate of drug-likeness (QED) is 0.340. The summed E-state index contributed by atoms with van der Waals surface area (Å²) < 4.78 is 0. The maximum Gasteiger partial charge on any atom is 0.269 e. The monoisotopic (exact) mass is 516 g/mol. The van der Waals surface area contributed by atoms with E-state index >= 15 is 0 Å². The Morgan fingerprint density at radius 1 is 0.829 bits per heavy atom. The van der Waals surface area contributed by atoms with E-state index in [0.717, 1.165) is 27.5 Å². The molecule has 0 bridgehead atoms. The van der Waals surface area contributed by atoms with Crippen LogP contribution >= 0.6 is 23.5 Å². The Morgan fingerprint density at radius 2 is 1.29 bits per heavy atom. The van der Waals surface area contributed by atoms with E-state index in [0.29, 0.717) is 16.7 Å². The van der Waals surface area contributed by atoms with Gasteiger partial charge in [-0.3, -0.25) is 20.2 Å². The second-order valence-electron chi connectivity index (χ2n) is 8.88. The van der Waals surface area contributed by atoms with Crippen molar-refractivity contribution in [3.8, 4) is 0 Å². The lowest BCUT2D eigenvalue weighted by atomic mass is 10.1. The maximum atomic E-state index is 11.3. The molecule has 1 heterocycles. The first-order valence-corrected chi connectivity index (χ1v) is 12.7. The van der Waals surface area contributed by atoms with Crippen LogP contribution in [-0.2, 0) is 11.5 Å². The number of non-ortho nitro benzene ring substituents is 2. The topological polar surface area (TPSA) is 117 Å². The minimum Gasteiger partial charge on any atom is -0.377 e. The van der Waals surface area contributed by atoms with Gasteiger partial charge in [-0.2, -0.15) is 0 Å². The number of amidine groups is 1. The molecule has 2 aromatic carbocycles. The summed E-state index contributed by atoms with van der Waals surface area (Å²) in [7, 11) is 7.60. The summed E-state index contributed by atoms with van der Waals surface area (Å²) in [6, 6.07) is 9.71. The van der Waals surface area contributed by atoms with Crippen LogP contribution in [0.25, 0.3) is 0 Å². The molecule has 0 N–H and O–H groups in total. The largest absolute Gasteiger partial charge is 0.377 e. The summed E-state index contributed by atoms with van der Waals surface area (Å²) in [6.45, 7) is 3.95. The number of hydrogen-bond acceptors (Lipinski definition) is 10. The van der Waals surface area contributed by atoms with Crippen LogP contribution in [0.15, 0.2) is 46.4 Å². The minimum absolute atomic E-state index is 0.0493. The van der Waals surface area contributed by atoms with Gasteiger partial charge in [-0.05, 0) is 37.1 Å².